The molecule has 0 bridgehead atoms. The molecule has 5 rings (SSSR count). The number of benzene rings is 1. The number of aromatic amines is 1. The number of pyridine rings is 1. The average molecular weight is 495 g/mol. The van der Waals surface area contributed by atoms with Crippen LogP contribution in [0.1, 0.15) is 28.6 Å². The SMILES string of the molecule is C[C@@H](N1CCc2nc(-c3cnccc3C#N)sc2C1)[C@](O)(C[n+]1cnc[nH]1)c1ccc(F)cc1F. The Morgan fingerprint density at radius 1 is 1.34 bits per heavy atom. The van der Waals surface area contributed by atoms with Gasteiger partial charge < -0.3 is 5.11 Å². The number of nitriles is 1. The van der Waals surface area contributed by atoms with Crippen LogP contribution in [-0.2, 0) is 25.1 Å². The molecule has 178 valence electrons. The van der Waals surface area contributed by atoms with Gasteiger partial charge in [-0.05, 0) is 24.0 Å². The number of nitrogens with zero attached hydrogens (tertiary/aromatic N) is 6. The molecule has 11 heteroatoms. The molecule has 1 aliphatic rings. The Labute approximate surface area is 204 Å². The number of halogens is 2. The van der Waals surface area contributed by atoms with E-state index in [0.717, 1.165) is 27.7 Å². The van der Waals surface area contributed by atoms with Gasteiger partial charge in [0.05, 0.1) is 17.3 Å². The molecule has 2 atom stereocenters. The first-order valence-electron chi connectivity index (χ1n) is 11.0. The summed E-state index contributed by atoms with van der Waals surface area (Å²) < 4.78 is 30.1. The Hall–Kier alpha value is -3.59. The molecule has 8 nitrogen and oxygen atoms in total. The minimum absolute atomic E-state index is 0.00473. The zero-order valence-corrected chi connectivity index (χ0v) is 19.6. The lowest BCUT2D eigenvalue weighted by atomic mass is 9.85. The lowest BCUT2D eigenvalue weighted by Gasteiger charge is -2.41. The highest BCUT2D eigenvalue weighted by molar-refractivity contribution is 7.15. The maximum atomic E-state index is 14.9. The number of hydrogen-bond donors (Lipinski definition) is 2. The Balaban J connectivity index is 1.47. The molecule has 0 amide bonds. The van der Waals surface area contributed by atoms with Gasteiger partial charge in [-0.2, -0.15) is 15.0 Å². The summed E-state index contributed by atoms with van der Waals surface area (Å²) in [6, 6.07) is 6.54. The predicted octanol–water partition coefficient (Wildman–Crippen LogP) is 2.70. The average Bonchev–Trinajstić information content (AvgIpc) is 3.52. The molecule has 0 fully saturated rings. The van der Waals surface area contributed by atoms with Gasteiger partial charge in [0.15, 0.2) is 0 Å². The normalized spacial score (nSPS) is 16.3. The van der Waals surface area contributed by atoms with E-state index < -0.39 is 23.3 Å². The third-order valence-electron chi connectivity index (χ3n) is 6.48. The number of hydrogen-bond acceptors (Lipinski definition) is 7. The quantitative estimate of drug-likeness (QED) is 0.400. The van der Waals surface area contributed by atoms with Crippen molar-refractivity contribution in [2.45, 2.75) is 38.1 Å². The van der Waals surface area contributed by atoms with E-state index in [4.69, 9.17) is 4.98 Å². The molecule has 4 aromatic rings. The first kappa shape index (κ1) is 23.2. The zero-order chi connectivity index (χ0) is 24.6. The smallest absolute Gasteiger partial charge is 0.306 e. The lowest BCUT2D eigenvalue weighted by molar-refractivity contribution is -0.765. The molecule has 1 aliphatic heterocycles. The Morgan fingerprint density at radius 3 is 2.94 bits per heavy atom. The summed E-state index contributed by atoms with van der Waals surface area (Å²) in [5, 5.41) is 25.0. The van der Waals surface area contributed by atoms with Crippen molar-refractivity contribution < 1.29 is 18.6 Å². The van der Waals surface area contributed by atoms with Crippen molar-refractivity contribution in [3.8, 4) is 16.6 Å². The van der Waals surface area contributed by atoms with Gasteiger partial charge in [-0.3, -0.25) is 9.88 Å². The Bertz CT molecular complexity index is 1400. The van der Waals surface area contributed by atoms with E-state index in [1.165, 1.54) is 30.1 Å². The van der Waals surface area contributed by atoms with Crippen LogP contribution in [-0.4, -0.2) is 42.6 Å². The second-order valence-electron chi connectivity index (χ2n) is 8.52. The summed E-state index contributed by atoms with van der Waals surface area (Å²) in [5.41, 5.74) is 0.472. The first-order valence-corrected chi connectivity index (χ1v) is 11.8. The van der Waals surface area contributed by atoms with Gasteiger partial charge in [-0.25, -0.2) is 13.8 Å². The van der Waals surface area contributed by atoms with Gasteiger partial charge in [0.2, 0.25) is 6.33 Å². The topological polar surface area (TPSA) is 106 Å². The van der Waals surface area contributed by atoms with Crippen LogP contribution >= 0.6 is 11.3 Å². The Kier molecular flexibility index (Phi) is 6.10. The molecule has 0 saturated carbocycles. The number of aromatic nitrogens is 5. The first-order chi connectivity index (χ1) is 16.9. The van der Waals surface area contributed by atoms with Gasteiger partial charge in [-0.1, -0.05) is 6.07 Å². The highest BCUT2D eigenvalue weighted by Crippen LogP contribution is 2.37. The number of aliphatic hydroxyl groups is 1. The standard InChI is InChI=1S/C24H21F2N7OS/c1-15(24(34,12-33-14-29-13-30-33)19-3-2-17(25)8-20(19)26)32-7-5-21-22(11-32)35-23(31-21)18-10-28-6-4-16(18)9-27/h2-4,6,8,10,13-15,34H,5,7,11-12H2,1H3/p+1/t15-,24-/m1/s1. The molecule has 35 heavy (non-hydrogen) atoms. The molecule has 0 aliphatic carbocycles. The van der Waals surface area contributed by atoms with Crippen molar-refractivity contribution in [3.63, 3.8) is 0 Å². The molecule has 4 heterocycles. The molecule has 0 radical (unpaired) electrons. The van der Waals surface area contributed by atoms with Crippen molar-refractivity contribution in [1.29, 1.82) is 5.26 Å². The van der Waals surface area contributed by atoms with Crippen molar-refractivity contribution in [2.75, 3.05) is 6.54 Å². The van der Waals surface area contributed by atoms with Gasteiger partial charge in [-0.15, -0.1) is 11.3 Å². The second kappa shape index (κ2) is 9.22. The van der Waals surface area contributed by atoms with E-state index in [1.807, 2.05) is 6.92 Å². The maximum absolute atomic E-state index is 14.9. The van der Waals surface area contributed by atoms with Gasteiger partial charge in [0.25, 0.3) is 0 Å². The maximum Gasteiger partial charge on any atom is 0.306 e. The van der Waals surface area contributed by atoms with Gasteiger partial charge in [0.1, 0.15) is 28.8 Å². The second-order valence-corrected chi connectivity index (χ2v) is 9.60. The summed E-state index contributed by atoms with van der Waals surface area (Å²) in [6.45, 7) is 2.92. The fraction of sp³-hybridized carbons (Fsp3) is 0.292. The molecule has 3 aromatic heterocycles. The number of fused-ring (bicyclic) bond motifs is 1. The minimum Gasteiger partial charge on any atom is -0.379 e. The summed E-state index contributed by atoms with van der Waals surface area (Å²) in [4.78, 5) is 15.9. The summed E-state index contributed by atoms with van der Waals surface area (Å²) >= 11 is 1.49. The van der Waals surface area contributed by atoms with Crippen LogP contribution in [0.2, 0.25) is 0 Å². The van der Waals surface area contributed by atoms with E-state index in [0.29, 0.717) is 30.6 Å². The van der Waals surface area contributed by atoms with E-state index in [9.17, 15) is 19.1 Å². The zero-order valence-electron chi connectivity index (χ0n) is 18.8. The highest BCUT2D eigenvalue weighted by Gasteiger charge is 2.44. The fourth-order valence-corrected chi connectivity index (χ4v) is 5.67. The number of H-pyrrole nitrogens is 1. The summed E-state index contributed by atoms with van der Waals surface area (Å²) in [5.74, 6) is -1.51. The van der Waals surface area contributed by atoms with Crippen molar-refractivity contribution in [3.05, 3.63) is 82.6 Å². The van der Waals surface area contributed by atoms with Gasteiger partial charge >= 0.3 is 6.33 Å². The minimum atomic E-state index is -1.68. The third-order valence-corrected chi connectivity index (χ3v) is 7.60. The van der Waals surface area contributed by atoms with Crippen molar-refractivity contribution in [1.82, 2.24) is 25.0 Å². The highest BCUT2D eigenvalue weighted by atomic mass is 32.1. The molecule has 0 unspecified atom stereocenters. The van der Waals surface area contributed by atoms with Crippen LogP contribution in [0.4, 0.5) is 8.78 Å². The summed E-state index contributed by atoms with van der Waals surface area (Å²) in [6.07, 6.45) is 6.82. The molecular formula is C24H22F2N7OS+. The monoisotopic (exact) mass is 494 g/mol. The molecular weight excluding hydrogens is 472 g/mol. The summed E-state index contributed by atoms with van der Waals surface area (Å²) in [7, 11) is 0. The molecule has 2 N–H and O–H groups in total. The number of nitrogens with one attached hydrogen (secondary N) is 1. The van der Waals surface area contributed by atoms with E-state index in [1.54, 1.807) is 23.1 Å². The Morgan fingerprint density at radius 2 is 2.20 bits per heavy atom. The van der Waals surface area contributed by atoms with Gasteiger partial charge in [0, 0.05) is 60.0 Å². The molecule has 0 spiro atoms. The number of rotatable bonds is 6. The lowest BCUT2D eigenvalue weighted by Crippen LogP contribution is -2.58. The fourth-order valence-electron chi connectivity index (χ4n) is 4.51. The van der Waals surface area contributed by atoms with Crippen molar-refractivity contribution in [2.24, 2.45) is 0 Å². The third kappa shape index (κ3) is 4.32. The molecule has 0 saturated heterocycles. The van der Waals surface area contributed by atoms with Crippen LogP contribution in [0.3, 0.4) is 0 Å². The van der Waals surface area contributed by atoms with E-state index in [2.05, 4.69) is 26.0 Å². The van der Waals surface area contributed by atoms with E-state index in [-0.39, 0.29) is 12.1 Å². The van der Waals surface area contributed by atoms with Crippen molar-refractivity contribution >= 4 is 11.3 Å². The van der Waals surface area contributed by atoms with Crippen LogP contribution in [0, 0.1) is 23.0 Å². The van der Waals surface area contributed by atoms with Crippen LogP contribution < -0.4 is 4.68 Å². The molecule has 1 aromatic carbocycles. The number of thiazole rings is 1. The van der Waals surface area contributed by atoms with Crippen LogP contribution in [0.25, 0.3) is 10.6 Å². The van der Waals surface area contributed by atoms with E-state index >= 15 is 0 Å². The van der Waals surface area contributed by atoms with Crippen LogP contribution in [0.15, 0.2) is 49.3 Å². The largest absolute Gasteiger partial charge is 0.379 e. The predicted molar refractivity (Wildman–Crippen MR) is 123 cm³/mol. The van der Waals surface area contributed by atoms with Crippen LogP contribution in [0.5, 0.6) is 0 Å².